The van der Waals surface area contributed by atoms with Gasteiger partial charge in [-0.25, -0.2) is 9.59 Å². The van der Waals surface area contributed by atoms with E-state index in [1.165, 1.54) is 0 Å². The van der Waals surface area contributed by atoms with Crippen LogP contribution in [-0.4, -0.2) is 42.4 Å². The van der Waals surface area contributed by atoms with Gasteiger partial charge in [-0.3, -0.25) is 4.55 Å². The maximum atomic E-state index is 13.0. The number of carbonyl (C=O) groups excluding carboxylic acids is 2. The molecule has 1 atom stereocenters. The van der Waals surface area contributed by atoms with Crippen LogP contribution >= 0.6 is 67.8 Å². The first-order valence-electron chi connectivity index (χ1n) is 6.83. The summed E-state index contributed by atoms with van der Waals surface area (Å²) in [4.78, 5) is 23.4. The van der Waals surface area contributed by atoms with Crippen LogP contribution in [0, 0.1) is 10.7 Å². The van der Waals surface area contributed by atoms with E-state index < -0.39 is 39.6 Å². The number of alkyl halides is 3. The summed E-state index contributed by atoms with van der Waals surface area (Å²) < 4.78 is 80.6. The van der Waals surface area contributed by atoms with Gasteiger partial charge >= 0.3 is 18.1 Å². The fraction of sp³-hybridized carbons (Fsp3) is 0.286. The molecule has 1 aromatic rings. The number of halogens is 6. The third-order valence-electron chi connectivity index (χ3n) is 2.90. The van der Waals surface area contributed by atoms with Crippen molar-refractivity contribution in [2.75, 3.05) is 5.75 Å². The van der Waals surface area contributed by atoms with Gasteiger partial charge in [-0.15, -0.1) is 0 Å². The van der Waals surface area contributed by atoms with Crippen LogP contribution < -0.4 is 4.74 Å². The molecule has 14 heteroatoms. The molecule has 0 aliphatic heterocycles. The first-order chi connectivity index (χ1) is 12.5. The molecule has 1 N–H and O–H groups in total. The molecule has 1 unspecified atom stereocenters. The Morgan fingerprint density at radius 3 is 2.00 bits per heavy atom. The molecular weight excluding hydrogens is 750 g/mol. The molecule has 0 bridgehead atoms. The number of hydrogen-bond donors (Lipinski definition) is 1. The second-order valence-corrected chi connectivity index (χ2v) is 10.4. The molecule has 0 aliphatic rings. The van der Waals surface area contributed by atoms with Crippen molar-refractivity contribution < 1.29 is 45.2 Å². The van der Waals surface area contributed by atoms with Gasteiger partial charge in [0.05, 0.1) is 7.14 Å². The molecule has 0 fully saturated rings. The Balaban J connectivity index is 2.91. The molecule has 0 heterocycles. The second kappa shape index (κ2) is 9.73. The summed E-state index contributed by atoms with van der Waals surface area (Å²) >= 11 is 5.89. The third kappa shape index (κ3) is 7.90. The molecule has 0 aliphatic carbocycles. The third-order valence-corrected chi connectivity index (χ3v) is 6.05. The van der Waals surface area contributed by atoms with Crippen molar-refractivity contribution in [1.29, 1.82) is 0 Å². The first-order valence-corrected chi connectivity index (χ1v) is 11.7. The van der Waals surface area contributed by atoms with E-state index in [4.69, 9.17) is 9.29 Å². The van der Waals surface area contributed by atoms with Gasteiger partial charge in [0.25, 0.3) is 10.1 Å². The smallest absolute Gasteiger partial charge is 0.429 e. The number of rotatable bonds is 6. The van der Waals surface area contributed by atoms with Gasteiger partial charge in [-0.05, 0) is 86.8 Å². The molecule has 156 valence electrons. The van der Waals surface area contributed by atoms with E-state index >= 15 is 0 Å². The van der Waals surface area contributed by atoms with Gasteiger partial charge in [0, 0.05) is 15.7 Å². The summed E-state index contributed by atoms with van der Waals surface area (Å²) in [5.74, 6) is -4.40. The second-order valence-electron chi connectivity index (χ2n) is 5.33. The molecular formula is C14H10F3I3O7S. The Kier molecular flexibility index (Phi) is 8.98. The van der Waals surface area contributed by atoms with Crippen LogP contribution in [0.3, 0.4) is 0 Å². The Hall–Kier alpha value is -0.210. The molecule has 0 saturated heterocycles. The van der Waals surface area contributed by atoms with Crippen LogP contribution in [0.1, 0.15) is 6.92 Å². The maximum absolute atomic E-state index is 13.0. The summed E-state index contributed by atoms with van der Waals surface area (Å²) in [6.45, 7) is 0.279. The zero-order valence-corrected chi connectivity index (χ0v) is 20.9. The van der Waals surface area contributed by atoms with E-state index in [-0.39, 0.29) is 12.7 Å². The molecule has 0 saturated carbocycles. The highest BCUT2D eigenvalue weighted by atomic mass is 127. The molecule has 1 aromatic carbocycles. The molecule has 0 radical (unpaired) electrons. The lowest BCUT2D eigenvalue weighted by atomic mass is 10.1. The topological polar surface area (TPSA) is 107 Å². The quantitative estimate of drug-likeness (QED) is 0.155. The molecule has 0 amide bonds. The Labute approximate surface area is 198 Å². The average molecular weight is 760 g/mol. The number of benzene rings is 1. The van der Waals surface area contributed by atoms with E-state index in [1.54, 1.807) is 12.1 Å². The van der Waals surface area contributed by atoms with Gasteiger partial charge in [0.1, 0.15) is 5.75 Å². The van der Waals surface area contributed by atoms with Crippen molar-refractivity contribution in [3.8, 4) is 5.75 Å². The standard InChI is InChI=1S/C14H10F3I3O7S/c1-13(14(15,16)17,6-28(23,24)25)27-11(22)3-2-10(21)26-12-8(19)4-7(18)5-9(12)20/h2-5H,6H2,1H3,(H,23,24,25)/b3-2-. The van der Waals surface area contributed by atoms with E-state index in [0.29, 0.717) is 19.3 Å². The minimum atomic E-state index is -5.29. The summed E-state index contributed by atoms with van der Waals surface area (Å²) in [5.41, 5.74) is -3.51. The predicted molar refractivity (Wildman–Crippen MR) is 116 cm³/mol. The van der Waals surface area contributed by atoms with Crippen molar-refractivity contribution in [2.45, 2.75) is 18.7 Å². The molecule has 0 spiro atoms. The van der Waals surface area contributed by atoms with Crippen LogP contribution in [0.5, 0.6) is 5.75 Å². The van der Waals surface area contributed by atoms with E-state index in [1.807, 2.05) is 45.2 Å². The summed E-state index contributed by atoms with van der Waals surface area (Å²) in [6.07, 6.45) is -4.39. The minimum absolute atomic E-state index is 0.205. The zero-order chi connectivity index (χ0) is 21.9. The van der Waals surface area contributed by atoms with Crippen molar-refractivity contribution >= 4 is 89.8 Å². The van der Waals surface area contributed by atoms with Crippen molar-refractivity contribution in [1.82, 2.24) is 0 Å². The predicted octanol–water partition coefficient (Wildman–Crippen LogP) is 3.71. The fourth-order valence-corrected chi connectivity index (χ4v) is 6.39. The highest BCUT2D eigenvalue weighted by molar-refractivity contribution is 14.1. The lowest BCUT2D eigenvalue weighted by Crippen LogP contribution is -2.51. The van der Waals surface area contributed by atoms with Gasteiger partial charge < -0.3 is 9.47 Å². The van der Waals surface area contributed by atoms with Crippen LogP contribution in [0.25, 0.3) is 0 Å². The van der Waals surface area contributed by atoms with Gasteiger partial charge in [-0.1, -0.05) is 0 Å². The monoisotopic (exact) mass is 760 g/mol. The van der Waals surface area contributed by atoms with E-state index in [0.717, 1.165) is 3.57 Å². The lowest BCUT2D eigenvalue weighted by Gasteiger charge is -2.29. The fourth-order valence-electron chi connectivity index (χ4n) is 1.67. The molecule has 7 nitrogen and oxygen atoms in total. The molecule has 1 rings (SSSR count). The molecule has 0 aromatic heterocycles. The van der Waals surface area contributed by atoms with Crippen molar-refractivity contribution in [2.24, 2.45) is 0 Å². The number of hydrogen-bond acceptors (Lipinski definition) is 6. The number of ether oxygens (including phenoxy) is 2. The zero-order valence-electron chi connectivity index (χ0n) is 13.6. The SMILES string of the molecule is CC(CS(=O)(=O)O)(OC(=O)/C=C\C(=O)Oc1c(I)cc(I)cc1I)C(F)(F)F. The van der Waals surface area contributed by atoms with Crippen LogP contribution in [0.4, 0.5) is 13.2 Å². The Morgan fingerprint density at radius 2 is 1.57 bits per heavy atom. The summed E-state index contributed by atoms with van der Waals surface area (Å²) in [6, 6.07) is 3.43. The van der Waals surface area contributed by atoms with Crippen molar-refractivity contribution in [3.05, 3.63) is 35.0 Å². The minimum Gasteiger partial charge on any atom is -0.445 e. The number of carbonyl (C=O) groups is 2. The van der Waals surface area contributed by atoms with Gasteiger partial charge in [0.2, 0.25) is 5.60 Å². The lowest BCUT2D eigenvalue weighted by molar-refractivity contribution is -0.253. The Bertz CT molecular complexity index is 892. The largest absolute Gasteiger partial charge is 0.445 e. The Morgan fingerprint density at radius 1 is 1.11 bits per heavy atom. The maximum Gasteiger partial charge on any atom is 0.429 e. The van der Waals surface area contributed by atoms with Gasteiger partial charge in [0.15, 0.2) is 5.75 Å². The summed E-state index contributed by atoms with van der Waals surface area (Å²) in [7, 11) is -5.11. The number of esters is 2. The first kappa shape index (κ1) is 25.8. The van der Waals surface area contributed by atoms with E-state index in [2.05, 4.69) is 27.3 Å². The molecule has 28 heavy (non-hydrogen) atoms. The van der Waals surface area contributed by atoms with E-state index in [9.17, 15) is 31.2 Å². The van der Waals surface area contributed by atoms with Crippen molar-refractivity contribution in [3.63, 3.8) is 0 Å². The average Bonchev–Trinajstić information content (AvgIpc) is 2.45. The van der Waals surface area contributed by atoms with Crippen LogP contribution in [-0.2, 0) is 24.4 Å². The van der Waals surface area contributed by atoms with Crippen LogP contribution in [0.15, 0.2) is 24.3 Å². The van der Waals surface area contributed by atoms with Crippen LogP contribution in [0.2, 0.25) is 0 Å². The highest BCUT2D eigenvalue weighted by Gasteiger charge is 2.56. The summed E-state index contributed by atoms with van der Waals surface area (Å²) in [5, 5.41) is 0. The highest BCUT2D eigenvalue weighted by Crippen LogP contribution is 2.35. The van der Waals surface area contributed by atoms with Gasteiger partial charge in [-0.2, -0.15) is 21.6 Å². The normalized spacial score (nSPS) is 14.6.